The van der Waals surface area contributed by atoms with Crippen molar-refractivity contribution in [3.8, 4) is 0 Å². The largest absolute Gasteiger partial charge is 0.278 e. The second-order valence-electron chi connectivity index (χ2n) is 5.04. The Morgan fingerprint density at radius 2 is 1.88 bits per heavy atom. The first-order chi connectivity index (χ1) is 12.6. The van der Waals surface area contributed by atoms with E-state index in [0.717, 1.165) is 11.3 Å². The molecule has 3 rings (SSSR count). The molecule has 3 aromatic rings. The van der Waals surface area contributed by atoms with Crippen LogP contribution < -0.4 is 10.1 Å². The molecule has 9 heteroatoms. The minimum Gasteiger partial charge on any atom is -0.278 e. The maximum absolute atomic E-state index is 12.4. The number of nitrogens with one attached hydrogen (secondary N) is 2. The van der Waals surface area contributed by atoms with E-state index in [1.165, 1.54) is 24.4 Å². The Balaban J connectivity index is 1.76. The number of amides is 1. The molecule has 0 aliphatic carbocycles. The van der Waals surface area contributed by atoms with Gasteiger partial charge in [0.25, 0.3) is 15.9 Å². The van der Waals surface area contributed by atoms with Gasteiger partial charge in [-0.3, -0.25) is 14.5 Å². The standard InChI is InChI=1S/C17H14N4O3S2/c22-17(20-19-12-13-6-3-4-10-18-13)14-7-1-2-8-15(14)21-26(23,24)16-9-5-11-25-16/h1-12,21H,(H,20,22). The SMILES string of the molecule is O=C(NN=Cc1ccccn1)c1ccccc1NS(=O)(=O)c1cccs1. The number of carbonyl (C=O) groups is 1. The van der Waals surface area contributed by atoms with E-state index in [0.29, 0.717) is 5.69 Å². The van der Waals surface area contributed by atoms with Gasteiger partial charge in [-0.1, -0.05) is 24.3 Å². The van der Waals surface area contributed by atoms with Crippen molar-refractivity contribution >= 4 is 39.2 Å². The molecule has 0 aliphatic heterocycles. The molecule has 1 aromatic carbocycles. The smallest absolute Gasteiger partial charge is 0.273 e. The van der Waals surface area contributed by atoms with Crippen molar-refractivity contribution in [3.05, 3.63) is 77.4 Å². The third-order valence-corrected chi connectivity index (χ3v) is 5.99. The lowest BCUT2D eigenvalue weighted by Gasteiger charge is -2.10. The van der Waals surface area contributed by atoms with Gasteiger partial charge in [0.1, 0.15) is 4.21 Å². The number of benzene rings is 1. The van der Waals surface area contributed by atoms with Gasteiger partial charge in [-0.15, -0.1) is 11.3 Å². The van der Waals surface area contributed by atoms with E-state index in [4.69, 9.17) is 0 Å². The van der Waals surface area contributed by atoms with E-state index in [1.54, 1.807) is 48.0 Å². The van der Waals surface area contributed by atoms with Gasteiger partial charge in [-0.25, -0.2) is 13.8 Å². The number of pyridine rings is 1. The van der Waals surface area contributed by atoms with Gasteiger partial charge in [0.15, 0.2) is 0 Å². The van der Waals surface area contributed by atoms with E-state index >= 15 is 0 Å². The number of rotatable bonds is 6. The molecule has 0 saturated heterocycles. The number of para-hydroxylation sites is 1. The highest BCUT2D eigenvalue weighted by Crippen LogP contribution is 2.22. The van der Waals surface area contributed by atoms with Gasteiger partial charge in [-0.2, -0.15) is 5.10 Å². The summed E-state index contributed by atoms with van der Waals surface area (Å²) in [7, 11) is -3.75. The van der Waals surface area contributed by atoms with E-state index < -0.39 is 15.9 Å². The zero-order valence-corrected chi connectivity index (χ0v) is 15.0. The number of anilines is 1. The highest BCUT2D eigenvalue weighted by molar-refractivity contribution is 7.94. The number of thiophene rings is 1. The molecule has 2 N–H and O–H groups in total. The summed E-state index contributed by atoms with van der Waals surface area (Å²) in [5.74, 6) is -0.540. The van der Waals surface area contributed by atoms with Crippen molar-refractivity contribution < 1.29 is 13.2 Å². The fraction of sp³-hybridized carbons (Fsp3) is 0. The van der Waals surface area contributed by atoms with Crippen LogP contribution in [0, 0.1) is 0 Å². The van der Waals surface area contributed by atoms with Gasteiger partial charge in [0, 0.05) is 6.20 Å². The number of nitrogens with zero attached hydrogens (tertiary/aromatic N) is 2. The molecular weight excluding hydrogens is 372 g/mol. The maximum atomic E-state index is 12.4. The average Bonchev–Trinajstić information content (AvgIpc) is 3.18. The monoisotopic (exact) mass is 386 g/mol. The first kappa shape index (κ1) is 17.8. The molecule has 2 aromatic heterocycles. The molecule has 0 spiro atoms. The molecule has 0 atom stereocenters. The van der Waals surface area contributed by atoms with Crippen molar-refractivity contribution in [2.24, 2.45) is 5.10 Å². The molecule has 0 fully saturated rings. The third-order valence-electron chi connectivity index (χ3n) is 3.23. The second kappa shape index (κ2) is 7.89. The number of carbonyl (C=O) groups excluding carboxylic acids is 1. The number of hydrogen-bond acceptors (Lipinski definition) is 6. The maximum Gasteiger partial charge on any atom is 0.273 e. The summed E-state index contributed by atoms with van der Waals surface area (Å²) in [6.45, 7) is 0. The lowest BCUT2D eigenvalue weighted by Crippen LogP contribution is -2.21. The Labute approximate surface area is 154 Å². The summed E-state index contributed by atoms with van der Waals surface area (Å²) in [5.41, 5.74) is 3.28. The van der Waals surface area contributed by atoms with Crippen molar-refractivity contribution in [1.82, 2.24) is 10.4 Å². The highest BCUT2D eigenvalue weighted by atomic mass is 32.2. The van der Waals surface area contributed by atoms with E-state index in [9.17, 15) is 13.2 Å². The molecule has 2 heterocycles. The van der Waals surface area contributed by atoms with Crippen LogP contribution in [0.3, 0.4) is 0 Å². The Bertz CT molecular complexity index is 1020. The van der Waals surface area contributed by atoms with Gasteiger partial charge in [0.05, 0.1) is 23.2 Å². The van der Waals surface area contributed by atoms with E-state index in [2.05, 4.69) is 20.2 Å². The van der Waals surface area contributed by atoms with Gasteiger partial charge in [0.2, 0.25) is 0 Å². The van der Waals surface area contributed by atoms with E-state index in [1.807, 2.05) is 0 Å². The van der Waals surface area contributed by atoms with Crippen LogP contribution >= 0.6 is 11.3 Å². The molecule has 26 heavy (non-hydrogen) atoms. The Kier molecular flexibility index (Phi) is 5.40. The minimum absolute atomic E-state index is 0.158. The van der Waals surface area contributed by atoms with E-state index in [-0.39, 0.29) is 15.5 Å². The third kappa shape index (κ3) is 4.32. The van der Waals surface area contributed by atoms with Crippen molar-refractivity contribution in [2.45, 2.75) is 4.21 Å². The zero-order chi connectivity index (χ0) is 18.4. The number of aromatic nitrogens is 1. The second-order valence-corrected chi connectivity index (χ2v) is 7.89. The molecule has 0 unspecified atom stereocenters. The first-order valence-electron chi connectivity index (χ1n) is 7.46. The first-order valence-corrected chi connectivity index (χ1v) is 9.82. The molecule has 0 aliphatic rings. The molecule has 0 bridgehead atoms. The van der Waals surface area contributed by atoms with Gasteiger partial charge in [-0.05, 0) is 35.7 Å². The predicted octanol–water partition coefficient (Wildman–Crippen LogP) is 2.71. The van der Waals surface area contributed by atoms with Crippen LogP contribution in [0.25, 0.3) is 0 Å². The quantitative estimate of drug-likeness (QED) is 0.502. The summed E-state index contributed by atoms with van der Waals surface area (Å²) in [6.07, 6.45) is 3.01. The Morgan fingerprint density at radius 3 is 2.62 bits per heavy atom. The van der Waals surface area contributed by atoms with Crippen LogP contribution in [0.4, 0.5) is 5.69 Å². The van der Waals surface area contributed by atoms with Crippen LogP contribution in [0.15, 0.2) is 75.5 Å². The molecule has 7 nitrogen and oxygen atoms in total. The van der Waals surface area contributed by atoms with Crippen LogP contribution in [-0.2, 0) is 10.0 Å². The highest BCUT2D eigenvalue weighted by Gasteiger charge is 2.19. The van der Waals surface area contributed by atoms with Crippen LogP contribution in [-0.4, -0.2) is 25.5 Å². The van der Waals surface area contributed by atoms with Crippen LogP contribution in [0.1, 0.15) is 16.1 Å². The molecular formula is C17H14N4O3S2. The molecule has 0 saturated carbocycles. The lowest BCUT2D eigenvalue weighted by molar-refractivity contribution is 0.0956. The molecule has 132 valence electrons. The zero-order valence-electron chi connectivity index (χ0n) is 13.4. The summed E-state index contributed by atoms with van der Waals surface area (Å²) in [6, 6.07) is 14.7. The summed E-state index contributed by atoms with van der Waals surface area (Å²) >= 11 is 1.09. The summed E-state index contributed by atoms with van der Waals surface area (Å²) in [5, 5.41) is 5.51. The van der Waals surface area contributed by atoms with Crippen molar-refractivity contribution in [1.29, 1.82) is 0 Å². The fourth-order valence-electron chi connectivity index (χ4n) is 2.05. The Hall–Kier alpha value is -3.04. The van der Waals surface area contributed by atoms with Crippen molar-refractivity contribution in [3.63, 3.8) is 0 Å². The normalized spacial score (nSPS) is 11.4. The van der Waals surface area contributed by atoms with Gasteiger partial charge < -0.3 is 0 Å². The number of hydrazone groups is 1. The minimum atomic E-state index is -3.75. The summed E-state index contributed by atoms with van der Waals surface area (Å²) in [4.78, 5) is 16.4. The van der Waals surface area contributed by atoms with Gasteiger partial charge >= 0.3 is 0 Å². The summed E-state index contributed by atoms with van der Waals surface area (Å²) < 4.78 is 27.3. The van der Waals surface area contributed by atoms with Crippen LogP contribution in [0.5, 0.6) is 0 Å². The predicted molar refractivity (Wildman–Crippen MR) is 101 cm³/mol. The topological polar surface area (TPSA) is 101 Å². The molecule has 1 amide bonds. The average molecular weight is 386 g/mol. The lowest BCUT2D eigenvalue weighted by atomic mass is 10.2. The number of sulfonamides is 1. The number of hydrogen-bond donors (Lipinski definition) is 2. The van der Waals surface area contributed by atoms with Crippen molar-refractivity contribution in [2.75, 3.05) is 4.72 Å². The molecule has 0 radical (unpaired) electrons. The fourth-order valence-corrected chi connectivity index (χ4v) is 4.12. The van der Waals surface area contributed by atoms with Crippen LogP contribution in [0.2, 0.25) is 0 Å². The Morgan fingerprint density at radius 1 is 1.08 bits per heavy atom.